The average molecular weight is 433 g/mol. The van der Waals surface area contributed by atoms with Gasteiger partial charge in [-0.3, -0.25) is 14.2 Å². The number of carbonyl (C=O) groups is 2. The van der Waals surface area contributed by atoms with Gasteiger partial charge in [-0.2, -0.15) is 0 Å². The minimum absolute atomic E-state index is 0.149. The van der Waals surface area contributed by atoms with E-state index in [9.17, 15) is 9.59 Å². The Kier molecular flexibility index (Phi) is 5.88. The molecule has 4 aromatic rings. The highest BCUT2D eigenvalue weighted by Crippen LogP contribution is 2.24. The molecule has 32 heavy (non-hydrogen) atoms. The second-order valence-electron chi connectivity index (χ2n) is 6.95. The standard InChI is InChI=1S/C21H23N9O2/c1-4-15-18(9-23-21(26-15)29-8-7-22-12-29)30(19(31)16-10-27(5-2)13-24-16)20(32)17-11-28(6-3)14-25-17/h7-14H,4-6H2,1-3H3. The van der Waals surface area contributed by atoms with E-state index in [1.165, 1.54) is 6.20 Å². The highest BCUT2D eigenvalue weighted by molar-refractivity contribution is 6.24. The lowest BCUT2D eigenvalue weighted by molar-refractivity contribution is 0.0892. The molecule has 0 saturated heterocycles. The summed E-state index contributed by atoms with van der Waals surface area (Å²) in [6.07, 6.45) is 13.2. The molecule has 0 unspecified atom stereocenters. The van der Waals surface area contributed by atoms with E-state index in [0.717, 1.165) is 4.90 Å². The lowest BCUT2D eigenvalue weighted by atomic mass is 10.2. The number of aryl methyl sites for hydroxylation is 3. The Balaban J connectivity index is 1.81. The average Bonchev–Trinajstić information content (AvgIpc) is 3.60. The Morgan fingerprint density at radius 3 is 2.00 bits per heavy atom. The fraction of sp³-hybridized carbons (Fsp3) is 0.286. The van der Waals surface area contributed by atoms with Crippen LogP contribution >= 0.6 is 0 Å². The Morgan fingerprint density at radius 2 is 1.53 bits per heavy atom. The maximum absolute atomic E-state index is 13.5. The minimum Gasteiger partial charge on any atom is -0.337 e. The highest BCUT2D eigenvalue weighted by Gasteiger charge is 2.31. The van der Waals surface area contributed by atoms with Gasteiger partial charge in [0, 0.05) is 37.9 Å². The Labute approximate surface area is 184 Å². The van der Waals surface area contributed by atoms with E-state index in [-0.39, 0.29) is 11.4 Å². The molecule has 2 amide bonds. The molecule has 4 heterocycles. The van der Waals surface area contributed by atoms with Gasteiger partial charge >= 0.3 is 0 Å². The number of imidazole rings is 3. The van der Waals surface area contributed by atoms with Crippen LogP contribution in [0.1, 0.15) is 47.4 Å². The second kappa shape index (κ2) is 8.92. The number of carbonyl (C=O) groups excluding carboxylic acids is 2. The van der Waals surface area contributed by atoms with Gasteiger partial charge < -0.3 is 9.13 Å². The number of hydrogen-bond donors (Lipinski definition) is 0. The summed E-state index contributed by atoms with van der Waals surface area (Å²) in [4.78, 5) is 49.3. The predicted octanol–water partition coefficient (Wildman–Crippen LogP) is 2.14. The van der Waals surface area contributed by atoms with Crippen LogP contribution in [-0.4, -0.2) is 50.4 Å². The summed E-state index contributed by atoms with van der Waals surface area (Å²) in [5.74, 6) is -0.739. The van der Waals surface area contributed by atoms with Gasteiger partial charge in [-0.15, -0.1) is 0 Å². The fourth-order valence-electron chi connectivity index (χ4n) is 3.18. The van der Waals surface area contributed by atoms with Crippen LogP contribution in [0.2, 0.25) is 0 Å². The van der Waals surface area contributed by atoms with Crippen molar-refractivity contribution in [3.05, 3.63) is 67.0 Å². The zero-order valence-electron chi connectivity index (χ0n) is 18.1. The van der Waals surface area contributed by atoms with Crippen molar-refractivity contribution in [1.29, 1.82) is 0 Å². The van der Waals surface area contributed by atoms with Crippen molar-refractivity contribution in [3.63, 3.8) is 0 Å². The van der Waals surface area contributed by atoms with Crippen LogP contribution in [0.15, 0.2) is 50.0 Å². The first-order chi connectivity index (χ1) is 15.5. The Morgan fingerprint density at radius 1 is 0.906 bits per heavy atom. The third-order valence-electron chi connectivity index (χ3n) is 4.99. The van der Waals surface area contributed by atoms with E-state index in [4.69, 9.17) is 0 Å². The number of anilines is 1. The molecule has 0 aliphatic rings. The highest BCUT2D eigenvalue weighted by atomic mass is 16.2. The summed E-state index contributed by atoms with van der Waals surface area (Å²) in [7, 11) is 0. The molecule has 0 aromatic carbocycles. The molecule has 4 rings (SSSR count). The summed E-state index contributed by atoms with van der Waals surface area (Å²) in [6.45, 7) is 7.08. The molecule has 11 nitrogen and oxygen atoms in total. The van der Waals surface area contributed by atoms with Crippen molar-refractivity contribution >= 4 is 17.5 Å². The summed E-state index contributed by atoms with van der Waals surface area (Å²) in [5, 5.41) is 0. The van der Waals surface area contributed by atoms with Gasteiger partial charge in [0.1, 0.15) is 17.7 Å². The van der Waals surface area contributed by atoms with Crippen LogP contribution in [0.25, 0.3) is 5.95 Å². The minimum atomic E-state index is -0.568. The number of aromatic nitrogens is 8. The molecule has 0 N–H and O–H groups in total. The largest absolute Gasteiger partial charge is 0.337 e. The quantitative estimate of drug-likeness (QED) is 0.410. The zero-order chi connectivity index (χ0) is 22.7. The summed E-state index contributed by atoms with van der Waals surface area (Å²) < 4.78 is 5.19. The third-order valence-corrected chi connectivity index (χ3v) is 4.99. The fourth-order valence-corrected chi connectivity index (χ4v) is 3.18. The van der Waals surface area contributed by atoms with Crippen LogP contribution in [0.4, 0.5) is 5.69 Å². The van der Waals surface area contributed by atoms with Gasteiger partial charge in [-0.1, -0.05) is 6.92 Å². The van der Waals surface area contributed by atoms with E-state index in [1.54, 1.807) is 57.5 Å². The van der Waals surface area contributed by atoms with Crippen LogP contribution in [0.5, 0.6) is 0 Å². The number of amides is 2. The second-order valence-corrected chi connectivity index (χ2v) is 6.95. The Bertz CT molecular complexity index is 1190. The molecule has 0 saturated carbocycles. The molecule has 0 aliphatic heterocycles. The van der Waals surface area contributed by atoms with E-state index in [0.29, 0.717) is 36.8 Å². The molecule has 0 spiro atoms. The number of nitrogens with zero attached hydrogens (tertiary/aromatic N) is 9. The van der Waals surface area contributed by atoms with Gasteiger partial charge in [-0.05, 0) is 20.3 Å². The molecule has 0 bridgehead atoms. The predicted molar refractivity (Wildman–Crippen MR) is 115 cm³/mol. The topological polar surface area (TPSA) is 117 Å². The lowest BCUT2D eigenvalue weighted by Gasteiger charge is -2.21. The molecule has 0 radical (unpaired) electrons. The molecular formula is C21H23N9O2. The molecule has 0 aliphatic carbocycles. The monoisotopic (exact) mass is 433 g/mol. The van der Waals surface area contributed by atoms with E-state index < -0.39 is 11.8 Å². The molecular weight excluding hydrogens is 410 g/mol. The zero-order valence-corrected chi connectivity index (χ0v) is 18.1. The van der Waals surface area contributed by atoms with Crippen molar-refractivity contribution in [1.82, 2.24) is 38.6 Å². The third kappa shape index (κ3) is 3.92. The van der Waals surface area contributed by atoms with Crippen molar-refractivity contribution in [3.8, 4) is 5.95 Å². The van der Waals surface area contributed by atoms with Gasteiger partial charge in [-0.25, -0.2) is 29.8 Å². The number of hydrogen-bond acceptors (Lipinski definition) is 7. The first-order valence-corrected chi connectivity index (χ1v) is 10.3. The number of rotatable bonds is 7. The van der Waals surface area contributed by atoms with Crippen molar-refractivity contribution in [2.75, 3.05) is 4.90 Å². The van der Waals surface area contributed by atoms with Crippen LogP contribution < -0.4 is 4.90 Å². The maximum atomic E-state index is 13.5. The Hall–Kier alpha value is -4.15. The van der Waals surface area contributed by atoms with Crippen molar-refractivity contribution < 1.29 is 9.59 Å². The first-order valence-electron chi connectivity index (χ1n) is 10.3. The summed E-state index contributed by atoms with van der Waals surface area (Å²) in [5.41, 5.74) is 1.13. The van der Waals surface area contributed by atoms with E-state index in [1.807, 2.05) is 20.8 Å². The van der Waals surface area contributed by atoms with Crippen LogP contribution in [0.3, 0.4) is 0 Å². The molecule has 164 valence electrons. The molecule has 11 heteroatoms. The smallest absolute Gasteiger partial charge is 0.285 e. The van der Waals surface area contributed by atoms with Crippen LogP contribution in [0, 0.1) is 0 Å². The first kappa shape index (κ1) is 21.1. The lowest BCUT2D eigenvalue weighted by Crippen LogP contribution is -2.38. The maximum Gasteiger partial charge on any atom is 0.285 e. The van der Waals surface area contributed by atoms with Crippen molar-refractivity contribution in [2.45, 2.75) is 40.3 Å². The van der Waals surface area contributed by atoms with Gasteiger partial charge in [0.15, 0.2) is 0 Å². The van der Waals surface area contributed by atoms with Crippen molar-refractivity contribution in [2.24, 2.45) is 0 Å². The van der Waals surface area contributed by atoms with Gasteiger partial charge in [0.05, 0.1) is 30.2 Å². The number of imide groups is 1. The summed E-state index contributed by atoms with van der Waals surface area (Å²) in [6, 6.07) is 0. The van der Waals surface area contributed by atoms with E-state index in [2.05, 4.69) is 24.9 Å². The van der Waals surface area contributed by atoms with Gasteiger partial charge in [0.2, 0.25) is 5.95 Å². The SMILES string of the molecule is CCc1nc(-n2ccnc2)ncc1N(C(=O)c1cn(CC)cn1)C(=O)c1cn(CC)cn1. The molecule has 0 atom stereocenters. The summed E-state index contributed by atoms with van der Waals surface area (Å²) >= 11 is 0. The normalized spacial score (nSPS) is 11.0. The molecule has 0 fully saturated rings. The van der Waals surface area contributed by atoms with Crippen LogP contribution in [-0.2, 0) is 19.5 Å². The molecule has 4 aromatic heterocycles. The van der Waals surface area contributed by atoms with Gasteiger partial charge in [0.25, 0.3) is 11.8 Å². The van der Waals surface area contributed by atoms with E-state index >= 15 is 0 Å².